The van der Waals surface area contributed by atoms with E-state index in [0.717, 1.165) is 52.8 Å². The Balaban J connectivity index is 1.99. The number of fused-ring (bicyclic) bond motifs is 2. The van der Waals surface area contributed by atoms with E-state index >= 15 is 0 Å². The zero-order valence-corrected chi connectivity index (χ0v) is 24.4. The molecule has 4 rings (SSSR count). The molecule has 7 nitrogen and oxygen atoms in total. The molecule has 2 heterocycles. The van der Waals surface area contributed by atoms with Crippen LogP contribution in [-0.2, 0) is 37.1 Å². The number of hydrogen-bond acceptors (Lipinski definition) is 6. The summed E-state index contributed by atoms with van der Waals surface area (Å²) in [6.07, 6.45) is 3.58. The highest BCUT2D eigenvalue weighted by Gasteiger charge is 2.37. The first-order chi connectivity index (χ1) is 18.0. The second-order valence-corrected chi connectivity index (χ2v) is 13.2. The van der Waals surface area contributed by atoms with E-state index in [-0.39, 0.29) is 5.75 Å². The van der Waals surface area contributed by atoms with Crippen LogP contribution in [-0.4, -0.2) is 46.0 Å². The Kier molecular flexibility index (Phi) is 8.43. The van der Waals surface area contributed by atoms with Crippen molar-refractivity contribution in [2.24, 2.45) is 0 Å². The quantitative estimate of drug-likeness (QED) is 0.386. The molecule has 0 fully saturated rings. The maximum atomic E-state index is 13.4. The molecule has 1 unspecified atom stereocenters. The average molecular weight is 544 g/mol. The van der Waals surface area contributed by atoms with E-state index in [1.807, 2.05) is 52.8 Å². The minimum Gasteiger partial charge on any atom is -0.493 e. The summed E-state index contributed by atoms with van der Waals surface area (Å²) in [5.74, 6) is 0.491. The predicted octanol–water partition coefficient (Wildman–Crippen LogP) is 5.90. The highest BCUT2D eigenvalue weighted by molar-refractivity contribution is 7.92. The average Bonchev–Trinajstić information content (AvgIpc) is 2.88. The number of unbranched alkanes of at least 4 members (excludes halogenated alkanes) is 1. The van der Waals surface area contributed by atoms with Gasteiger partial charge in [-0.15, -0.1) is 0 Å². The van der Waals surface area contributed by atoms with Crippen molar-refractivity contribution in [2.45, 2.75) is 84.8 Å². The molecule has 0 spiro atoms. The van der Waals surface area contributed by atoms with Gasteiger partial charge in [0.1, 0.15) is 5.75 Å². The Labute approximate surface area is 227 Å². The van der Waals surface area contributed by atoms with Gasteiger partial charge in [0, 0.05) is 12.1 Å². The molecule has 0 amide bonds. The fourth-order valence-corrected chi connectivity index (χ4v) is 7.21. The normalized spacial score (nSPS) is 16.3. The van der Waals surface area contributed by atoms with E-state index in [0.29, 0.717) is 43.7 Å². The van der Waals surface area contributed by atoms with Crippen LogP contribution < -0.4 is 9.04 Å². The van der Waals surface area contributed by atoms with Crippen molar-refractivity contribution < 1.29 is 27.4 Å². The van der Waals surface area contributed by atoms with Gasteiger partial charge in [-0.1, -0.05) is 19.4 Å². The van der Waals surface area contributed by atoms with E-state index < -0.39 is 27.7 Å². The molecular weight excluding hydrogens is 502 g/mol. The number of anilines is 1. The fraction of sp³-hybridized carbons (Fsp3) is 0.567. The molecule has 2 aromatic rings. The number of carbonyl (C=O) groups excluding carboxylic acids is 1. The molecule has 38 heavy (non-hydrogen) atoms. The first-order valence-electron chi connectivity index (χ1n) is 13.7. The second-order valence-electron chi connectivity index (χ2n) is 11.2. The summed E-state index contributed by atoms with van der Waals surface area (Å²) >= 11 is 0. The number of sulfonamides is 1. The molecular formula is C30H41NO6S. The van der Waals surface area contributed by atoms with Crippen molar-refractivity contribution in [3.05, 3.63) is 46.5 Å². The van der Waals surface area contributed by atoms with Crippen molar-refractivity contribution in [1.29, 1.82) is 0 Å². The molecule has 2 aliphatic rings. The van der Waals surface area contributed by atoms with E-state index in [9.17, 15) is 13.2 Å². The molecule has 0 saturated heterocycles. The summed E-state index contributed by atoms with van der Waals surface area (Å²) in [7, 11) is -2.15. The van der Waals surface area contributed by atoms with Gasteiger partial charge in [0.2, 0.25) is 10.0 Å². The lowest BCUT2D eigenvalue weighted by molar-refractivity contribution is -0.164. The monoisotopic (exact) mass is 543 g/mol. The predicted molar refractivity (Wildman–Crippen MR) is 150 cm³/mol. The molecule has 2 aliphatic heterocycles. The summed E-state index contributed by atoms with van der Waals surface area (Å²) in [5, 5.41) is 0. The molecule has 0 radical (unpaired) electrons. The number of rotatable bonds is 8. The fourth-order valence-electron chi connectivity index (χ4n) is 5.47. The smallest absolute Gasteiger partial charge is 0.339 e. The van der Waals surface area contributed by atoms with Gasteiger partial charge in [-0.2, -0.15) is 0 Å². The Bertz CT molecular complexity index is 1290. The van der Waals surface area contributed by atoms with E-state index in [4.69, 9.17) is 14.2 Å². The number of hydrogen-bond donors (Lipinski definition) is 0. The molecule has 0 saturated carbocycles. The Hall–Kier alpha value is -2.58. The van der Waals surface area contributed by atoms with Gasteiger partial charge >= 0.3 is 5.97 Å². The number of esters is 1. The van der Waals surface area contributed by atoms with Crippen LogP contribution in [0, 0.1) is 6.92 Å². The van der Waals surface area contributed by atoms with E-state index in [1.165, 1.54) is 7.11 Å². The Morgan fingerprint density at radius 1 is 1.16 bits per heavy atom. The van der Waals surface area contributed by atoms with E-state index in [2.05, 4.69) is 6.07 Å². The SMILES string of the molecule is CCCCS(=O)(=O)N1CCCc2c1cc(C)c(-c1ccc3c(c1)CCCO3)c2C(OC(C)(C)C)C(=O)OC. The minimum atomic E-state index is -3.51. The third-order valence-electron chi connectivity index (χ3n) is 7.15. The third-order valence-corrected chi connectivity index (χ3v) is 9.00. The molecule has 1 atom stereocenters. The van der Waals surface area contributed by atoms with Crippen LogP contribution >= 0.6 is 0 Å². The standard InChI is InChI=1S/C30H41NO6S/c1-7-8-17-38(33,34)31-15-9-12-23-24(31)18-20(2)26(22-13-14-25-21(19-22)11-10-16-36-25)27(23)28(29(32)35-6)37-30(3,4)5/h13-14,18-19,28H,7-12,15-17H2,1-6H3. The minimum absolute atomic E-state index is 0.100. The summed E-state index contributed by atoms with van der Waals surface area (Å²) in [6, 6.07) is 8.12. The van der Waals surface area contributed by atoms with Crippen LogP contribution in [0.3, 0.4) is 0 Å². The summed E-state index contributed by atoms with van der Waals surface area (Å²) in [5.41, 5.74) is 5.42. The number of nitrogens with zero attached hydrogens (tertiary/aromatic N) is 1. The zero-order valence-electron chi connectivity index (χ0n) is 23.6. The summed E-state index contributed by atoms with van der Waals surface area (Å²) in [4.78, 5) is 13.3. The van der Waals surface area contributed by atoms with Crippen molar-refractivity contribution in [2.75, 3.05) is 30.3 Å². The highest BCUT2D eigenvalue weighted by Crippen LogP contribution is 2.45. The van der Waals surface area contributed by atoms with Gasteiger partial charge in [-0.3, -0.25) is 4.31 Å². The van der Waals surface area contributed by atoms with Crippen LogP contribution in [0.15, 0.2) is 24.3 Å². The number of carbonyl (C=O) groups is 1. The summed E-state index contributed by atoms with van der Waals surface area (Å²) < 4.78 is 45.9. The number of benzene rings is 2. The van der Waals surface area contributed by atoms with Gasteiger partial charge in [-0.25, -0.2) is 13.2 Å². The van der Waals surface area contributed by atoms with Crippen LogP contribution in [0.25, 0.3) is 11.1 Å². The van der Waals surface area contributed by atoms with Gasteiger partial charge in [0.25, 0.3) is 0 Å². The topological polar surface area (TPSA) is 82.1 Å². The molecule has 0 aliphatic carbocycles. The van der Waals surface area contributed by atoms with E-state index in [1.54, 1.807) is 4.31 Å². The van der Waals surface area contributed by atoms with Crippen LogP contribution in [0.1, 0.15) is 81.7 Å². The molecule has 0 bridgehead atoms. The first-order valence-corrected chi connectivity index (χ1v) is 15.3. The van der Waals surface area contributed by atoms with Gasteiger partial charge in [0.05, 0.1) is 30.8 Å². The van der Waals surface area contributed by atoms with Gasteiger partial charge < -0.3 is 14.2 Å². The largest absolute Gasteiger partial charge is 0.493 e. The van der Waals surface area contributed by atoms with Crippen molar-refractivity contribution in [3.8, 4) is 16.9 Å². The molecule has 0 N–H and O–H groups in total. The van der Waals surface area contributed by atoms with Crippen LogP contribution in [0.4, 0.5) is 5.69 Å². The maximum Gasteiger partial charge on any atom is 0.339 e. The maximum absolute atomic E-state index is 13.4. The number of aryl methyl sites for hydroxylation is 2. The Morgan fingerprint density at radius 2 is 1.92 bits per heavy atom. The van der Waals surface area contributed by atoms with Crippen LogP contribution in [0.5, 0.6) is 5.75 Å². The van der Waals surface area contributed by atoms with Crippen molar-refractivity contribution >= 4 is 21.7 Å². The van der Waals surface area contributed by atoms with Gasteiger partial charge in [-0.05, 0) is 106 Å². The lowest BCUT2D eigenvalue weighted by Crippen LogP contribution is -2.38. The lowest BCUT2D eigenvalue weighted by atomic mass is 9.83. The third kappa shape index (κ3) is 5.86. The lowest BCUT2D eigenvalue weighted by Gasteiger charge is -2.36. The molecule has 2 aromatic carbocycles. The number of ether oxygens (including phenoxy) is 3. The highest BCUT2D eigenvalue weighted by atomic mass is 32.2. The zero-order chi connectivity index (χ0) is 27.7. The second kappa shape index (κ2) is 11.3. The Morgan fingerprint density at radius 3 is 2.61 bits per heavy atom. The molecule has 208 valence electrons. The van der Waals surface area contributed by atoms with Gasteiger partial charge in [0.15, 0.2) is 6.10 Å². The van der Waals surface area contributed by atoms with Crippen LogP contribution in [0.2, 0.25) is 0 Å². The molecule has 8 heteroatoms. The van der Waals surface area contributed by atoms with Crippen molar-refractivity contribution in [1.82, 2.24) is 0 Å². The molecule has 0 aromatic heterocycles. The van der Waals surface area contributed by atoms with Crippen molar-refractivity contribution in [3.63, 3.8) is 0 Å². The summed E-state index contributed by atoms with van der Waals surface area (Å²) in [6.45, 7) is 10.8. The number of methoxy groups -OCH3 is 1. The first kappa shape index (κ1) is 28.4.